The topological polar surface area (TPSA) is 110 Å². The van der Waals surface area contributed by atoms with Gasteiger partial charge in [0, 0.05) is 40.3 Å². The quantitative estimate of drug-likeness (QED) is 0.652. The Bertz CT molecular complexity index is 1180. The van der Waals surface area contributed by atoms with Gasteiger partial charge in [0.05, 0.1) is 49.3 Å². The molecule has 194 valence electrons. The van der Waals surface area contributed by atoms with Crippen molar-refractivity contribution in [1.29, 1.82) is 0 Å². The third kappa shape index (κ3) is 4.73. The van der Waals surface area contributed by atoms with Gasteiger partial charge in [-0.25, -0.2) is 15.0 Å². The molecule has 0 saturated carbocycles. The summed E-state index contributed by atoms with van der Waals surface area (Å²) in [6.07, 6.45) is -0.813. The molecule has 3 aliphatic heterocycles. The zero-order chi connectivity index (χ0) is 25.4. The molecular formula is C23H27F3N6O4. The number of methoxy groups -OCH3 is 1. The summed E-state index contributed by atoms with van der Waals surface area (Å²) in [6, 6.07) is 1.03. The van der Waals surface area contributed by atoms with Gasteiger partial charge in [0.1, 0.15) is 18.0 Å². The molecule has 0 spiro atoms. The monoisotopic (exact) mass is 508 g/mol. The zero-order valence-electron chi connectivity index (χ0n) is 19.5. The highest BCUT2D eigenvalue weighted by Gasteiger charge is 2.38. The number of alkyl halides is 3. The summed E-state index contributed by atoms with van der Waals surface area (Å²) in [5.74, 6) is -0.653. The van der Waals surface area contributed by atoms with Gasteiger partial charge in [-0.3, -0.25) is 9.59 Å². The number of rotatable bonds is 5. The Morgan fingerprint density at radius 2 is 2.06 bits per heavy atom. The van der Waals surface area contributed by atoms with Crippen molar-refractivity contribution in [3.8, 4) is 11.8 Å². The van der Waals surface area contributed by atoms with Crippen LogP contribution in [0.3, 0.4) is 0 Å². The fraction of sp³-hybridized carbons (Fsp3) is 0.522. The molecule has 2 amide bonds. The van der Waals surface area contributed by atoms with Gasteiger partial charge in [0.2, 0.25) is 23.6 Å². The van der Waals surface area contributed by atoms with Crippen LogP contribution in [0.5, 0.6) is 11.8 Å². The minimum absolute atomic E-state index is 0. The fourth-order valence-corrected chi connectivity index (χ4v) is 4.84. The number of carbonyl (C=O) groups excluding carboxylic acids is 2. The number of pyridine rings is 1. The van der Waals surface area contributed by atoms with Gasteiger partial charge in [0.25, 0.3) is 0 Å². The number of ether oxygens (including phenoxy) is 2. The van der Waals surface area contributed by atoms with E-state index in [2.05, 4.69) is 20.3 Å². The van der Waals surface area contributed by atoms with E-state index in [0.717, 1.165) is 18.9 Å². The van der Waals surface area contributed by atoms with Crippen LogP contribution in [-0.4, -0.2) is 71.1 Å². The Morgan fingerprint density at radius 1 is 1.22 bits per heavy atom. The van der Waals surface area contributed by atoms with Crippen molar-refractivity contribution < 1.29 is 33.7 Å². The highest BCUT2D eigenvalue weighted by Crippen LogP contribution is 2.38. The zero-order valence-corrected chi connectivity index (χ0v) is 19.5. The Balaban J connectivity index is 0.00000320. The van der Waals surface area contributed by atoms with Crippen molar-refractivity contribution in [2.45, 2.75) is 38.1 Å². The van der Waals surface area contributed by atoms with E-state index in [1.54, 1.807) is 9.80 Å². The summed E-state index contributed by atoms with van der Waals surface area (Å²) in [5.41, 5.74) is 0.837. The van der Waals surface area contributed by atoms with Gasteiger partial charge in [-0.15, -0.1) is 0 Å². The van der Waals surface area contributed by atoms with Gasteiger partial charge in [-0.05, 0) is 6.07 Å². The number of aromatic nitrogens is 3. The molecule has 0 aliphatic carbocycles. The second-order valence-corrected chi connectivity index (χ2v) is 9.04. The number of amides is 2. The lowest BCUT2D eigenvalue weighted by atomic mass is 10.1. The highest BCUT2D eigenvalue weighted by molar-refractivity contribution is 5.89. The summed E-state index contributed by atoms with van der Waals surface area (Å²) < 4.78 is 51.4. The summed E-state index contributed by atoms with van der Waals surface area (Å²) in [7, 11) is 1.15. The third-order valence-electron chi connectivity index (χ3n) is 6.72. The SMILES string of the molecule is COc1ncc(N2CCc3ncnc(O[C@H]4CCN(C(=O)C5CNC(=O)C5)C4)c3C2)cc1C(F)(F)F.[HH]. The summed E-state index contributed by atoms with van der Waals surface area (Å²) in [4.78, 5) is 40.1. The summed E-state index contributed by atoms with van der Waals surface area (Å²) >= 11 is 0. The molecule has 1 N–H and O–H groups in total. The minimum Gasteiger partial charge on any atom is -0.481 e. The maximum Gasteiger partial charge on any atom is 0.421 e. The summed E-state index contributed by atoms with van der Waals surface area (Å²) in [6.45, 7) is 1.95. The molecule has 2 aromatic heterocycles. The van der Waals surface area contributed by atoms with Crippen molar-refractivity contribution in [3.63, 3.8) is 0 Å². The van der Waals surface area contributed by atoms with Crippen LogP contribution >= 0.6 is 0 Å². The molecular weight excluding hydrogens is 481 g/mol. The molecule has 5 heterocycles. The van der Waals surface area contributed by atoms with Crippen LogP contribution in [0, 0.1) is 5.92 Å². The van der Waals surface area contributed by atoms with E-state index in [9.17, 15) is 22.8 Å². The molecule has 2 saturated heterocycles. The largest absolute Gasteiger partial charge is 0.481 e. The van der Waals surface area contributed by atoms with E-state index in [4.69, 9.17) is 9.47 Å². The average molecular weight is 509 g/mol. The molecule has 0 radical (unpaired) electrons. The first-order chi connectivity index (χ1) is 17.2. The van der Waals surface area contributed by atoms with Crippen molar-refractivity contribution in [2.24, 2.45) is 5.92 Å². The number of fused-ring (bicyclic) bond motifs is 1. The van der Waals surface area contributed by atoms with Crippen LogP contribution in [0.15, 0.2) is 18.6 Å². The van der Waals surface area contributed by atoms with E-state index in [1.807, 2.05) is 0 Å². The van der Waals surface area contributed by atoms with Gasteiger partial charge in [0.15, 0.2) is 0 Å². The number of hydrogen-bond donors (Lipinski definition) is 1. The predicted molar refractivity (Wildman–Crippen MR) is 121 cm³/mol. The molecule has 10 nitrogen and oxygen atoms in total. The van der Waals surface area contributed by atoms with Crippen molar-refractivity contribution in [1.82, 2.24) is 25.2 Å². The number of hydrogen-bond acceptors (Lipinski definition) is 8. The van der Waals surface area contributed by atoms with Gasteiger partial charge in [-0.1, -0.05) is 0 Å². The normalized spacial score (nSPS) is 21.8. The van der Waals surface area contributed by atoms with E-state index in [0.29, 0.717) is 56.2 Å². The first kappa shape index (κ1) is 24.1. The standard InChI is InChI=1S/C23H25F3N6O4.H2/c1-35-21-17(23(24,25)26)7-14(9-28-21)31-5-3-18-16(11-31)20(30-12-29-18)36-15-2-4-32(10-15)22(34)13-6-19(33)27-8-13;/h7,9,12-13,15H,2-6,8,10-11H2,1H3,(H,27,33);1H/t13?,15-;/m0./s1. The Labute approximate surface area is 206 Å². The van der Waals surface area contributed by atoms with Crippen LogP contribution in [0.2, 0.25) is 0 Å². The number of nitrogens with one attached hydrogen (secondary N) is 1. The number of anilines is 1. The molecule has 1 unspecified atom stereocenters. The Morgan fingerprint density at radius 3 is 2.78 bits per heavy atom. The van der Waals surface area contributed by atoms with E-state index in [1.165, 1.54) is 12.5 Å². The molecule has 5 rings (SSSR count). The van der Waals surface area contributed by atoms with Crippen LogP contribution in [0.4, 0.5) is 18.9 Å². The van der Waals surface area contributed by atoms with Crippen molar-refractivity contribution >= 4 is 17.5 Å². The average Bonchev–Trinajstić information content (AvgIpc) is 3.52. The van der Waals surface area contributed by atoms with Crippen LogP contribution in [-0.2, 0) is 28.7 Å². The van der Waals surface area contributed by atoms with Crippen molar-refractivity contribution in [3.05, 3.63) is 35.4 Å². The van der Waals surface area contributed by atoms with Crippen LogP contribution in [0.25, 0.3) is 0 Å². The van der Waals surface area contributed by atoms with Gasteiger partial charge in [-0.2, -0.15) is 13.2 Å². The number of nitrogens with zero attached hydrogens (tertiary/aromatic N) is 5. The Hall–Kier alpha value is -3.64. The molecule has 2 fully saturated rings. The first-order valence-electron chi connectivity index (χ1n) is 11.6. The molecule has 0 bridgehead atoms. The second kappa shape index (κ2) is 9.43. The van der Waals surface area contributed by atoms with E-state index in [-0.39, 0.29) is 38.2 Å². The molecule has 3 aliphatic rings. The minimum atomic E-state index is -4.60. The second-order valence-electron chi connectivity index (χ2n) is 9.04. The highest BCUT2D eigenvalue weighted by atomic mass is 19.4. The molecule has 2 aromatic rings. The molecule has 13 heteroatoms. The molecule has 36 heavy (non-hydrogen) atoms. The van der Waals surface area contributed by atoms with Gasteiger partial charge < -0.3 is 24.6 Å². The first-order valence-corrected chi connectivity index (χ1v) is 11.6. The van der Waals surface area contributed by atoms with Crippen LogP contribution in [0.1, 0.15) is 31.1 Å². The lowest BCUT2D eigenvalue weighted by Gasteiger charge is -2.31. The maximum atomic E-state index is 13.5. The maximum absolute atomic E-state index is 13.5. The van der Waals surface area contributed by atoms with Crippen LogP contribution < -0.4 is 19.7 Å². The van der Waals surface area contributed by atoms with Gasteiger partial charge >= 0.3 is 6.18 Å². The van der Waals surface area contributed by atoms with Crippen molar-refractivity contribution in [2.75, 3.05) is 38.2 Å². The molecule has 0 aromatic carbocycles. The van der Waals surface area contributed by atoms with E-state index < -0.39 is 17.6 Å². The number of carbonyl (C=O) groups is 2. The third-order valence-corrected chi connectivity index (χ3v) is 6.72. The number of halogens is 3. The molecule has 2 atom stereocenters. The fourth-order valence-electron chi connectivity index (χ4n) is 4.84. The summed E-state index contributed by atoms with van der Waals surface area (Å²) in [5, 5.41) is 2.68. The lowest BCUT2D eigenvalue weighted by molar-refractivity contribution is -0.139. The van der Waals surface area contributed by atoms with E-state index >= 15 is 0 Å². The lowest BCUT2D eigenvalue weighted by Crippen LogP contribution is -2.37. The predicted octanol–water partition coefficient (Wildman–Crippen LogP) is 1.82. The Kier molecular flexibility index (Phi) is 6.31. The number of likely N-dealkylation sites (tertiary alicyclic amines) is 1. The smallest absolute Gasteiger partial charge is 0.421 e.